The zero-order valence-electron chi connectivity index (χ0n) is 6.51. The van der Waals surface area contributed by atoms with Gasteiger partial charge in [-0.3, -0.25) is 9.97 Å². The fourth-order valence-corrected chi connectivity index (χ4v) is 1.44. The number of hydrogen-bond acceptors (Lipinski definition) is 4. The summed E-state index contributed by atoms with van der Waals surface area (Å²) in [7, 11) is 0. The molecule has 2 unspecified atom stereocenters. The van der Waals surface area contributed by atoms with Gasteiger partial charge < -0.3 is 10.2 Å². The highest BCUT2D eigenvalue weighted by molar-refractivity contribution is 5.18. The van der Waals surface area contributed by atoms with Crippen molar-refractivity contribution in [3.8, 4) is 0 Å². The monoisotopic (exact) mass is 166 g/mol. The third kappa shape index (κ3) is 1.09. The predicted molar refractivity (Wildman–Crippen MR) is 41.3 cm³/mol. The topological polar surface area (TPSA) is 66.2 Å². The SMILES string of the molecule is OC1CCc2nccnc2C1O. The van der Waals surface area contributed by atoms with Crippen LogP contribution in [0.15, 0.2) is 12.4 Å². The summed E-state index contributed by atoms with van der Waals surface area (Å²) >= 11 is 0. The normalized spacial score (nSPS) is 28.2. The summed E-state index contributed by atoms with van der Waals surface area (Å²) in [6, 6.07) is 0. The average molecular weight is 166 g/mol. The molecule has 0 spiro atoms. The summed E-state index contributed by atoms with van der Waals surface area (Å²) in [5.74, 6) is 0. The van der Waals surface area contributed by atoms with Gasteiger partial charge in [0.25, 0.3) is 0 Å². The van der Waals surface area contributed by atoms with Crippen molar-refractivity contribution in [2.45, 2.75) is 25.0 Å². The second-order valence-corrected chi connectivity index (χ2v) is 2.94. The second kappa shape index (κ2) is 2.80. The highest BCUT2D eigenvalue weighted by Gasteiger charge is 2.27. The predicted octanol–water partition coefficient (Wildman–Crippen LogP) is -0.183. The molecule has 2 atom stereocenters. The number of aliphatic hydroxyl groups is 2. The van der Waals surface area contributed by atoms with E-state index in [2.05, 4.69) is 9.97 Å². The van der Waals surface area contributed by atoms with Gasteiger partial charge in [-0.1, -0.05) is 0 Å². The number of rotatable bonds is 0. The second-order valence-electron chi connectivity index (χ2n) is 2.94. The molecule has 0 aliphatic heterocycles. The van der Waals surface area contributed by atoms with Gasteiger partial charge in [0.2, 0.25) is 0 Å². The Balaban J connectivity index is 2.42. The molecule has 2 N–H and O–H groups in total. The van der Waals surface area contributed by atoms with Crippen LogP contribution in [0.5, 0.6) is 0 Å². The number of aromatic nitrogens is 2. The Morgan fingerprint density at radius 2 is 2.00 bits per heavy atom. The minimum Gasteiger partial charge on any atom is -0.390 e. The molecule has 64 valence electrons. The minimum absolute atomic E-state index is 0.524. The van der Waals surface area contributed by atoms with Gasteiger partial charge in [-0.15, -0.1) is 0 Å². The zero-order valence-corrected chi connectivity index (χ0v) is 6.51. The summed E-state index contributed by atoms with van der Waals surface area (Å²) in [5.41, 5.74) is 1.33. The maximum absolute atomic E-state index is 9.48. The molecule has 0 saturated heterocycles. The van der Waals surface area contributed by atoms with Crippen molar-refractivity contribution in [3.63, 3.8) is 0 Å². The fraction of sp³-hybridized carbons (Fsp3) is 0.500. The van der Waals surface area contributed by atoms with E-state index in [0.717, 1.165) is 5.69 Å². The van der Waals surface area contributed by atoms with E-state index < -0.39 is 12.2 Å². The molecule has 0 radical (unpaired) electrons. The standard InChI is InChI=1S/C8H10N2O2/c11-6-2-1-5-7(8(6)12)10-4-3-9-5/h3-4,6,8,11-12H,1-2H2. The van der Waals surface area contributed by atoms with Crippen LogP contribution >= 0.6 is 0 Å². The summed E-state index contributed by atoms with van der Waals surface area (Å²) in [6.45, 7) is 0. The molecule has 4 heteroatoms. The largest absolute Gasteiger partial charge is 0.390 e. The molecule has 4 nitrogen and oxygen atoms in total. The highest BCUT2D eigenvalue weighted by Crippen LogP contribution is 2.26. The van der Waals surface area contributed by atoms with Crippen LogP contribution in [0.2, 0.25) is 0 Å². The van der Waals surface area contributed by atoms with E-state index in [4.69, 9.17) is 0 Å². The minimum atomic E-state index is -0.859. The quantitative estimate of drug-likeness (QED) is 0.561. The molecule has 1 aromatic heterocycles. The number of aliphatic hydroxyl groups excluding tert-OH is 2. The molecule has 0 fully saturated rings. The van der Waals surface area contributed by atoms with E-state index >= 15 is 0 Å². The Labute approximate surface area is 69.9 Å². The lowest BCUT2D eigenvalue weighted by Crippen LogP contribution is -2.26. The Morgan fingerprint density at radius 3 is 2.83 bits per heavy atom. The van der Waals surface area contributed by atoms with Crippen LogP contribution in [0.1, 0.15) is 23.9 Å². The zero-order chi connectivity index (χ0) is 8.55. The Kier molecular flexibility index (Phi) is 1.78. The molecule has 0 saturated carbocycles. The van der Waals surface area contributed by atoms with Crippen LogP contribution in [0.3, 0.4) is 0 Å². The molecule has 12 heavy (non-hydrogen) atoms. The van der Waals surface area contributed by atoms with Crippen molar-refractivity contribution in [2.75, 3.05) is 0 Å². The van der Waals surface area contributed by atoms with Gasteiger partial charge in [-0.05, 0) is 12.8 Å². The molecule has 1 aliphatic rings. The van der Waals surface area contributed by atoms with Gasteiger partial charge in [-0.25, -0.2) is 0 Å². The fourth-order valence-electron chi connectivity index (χ4n) is 1.44. The smallest absolute Gasteiger partial charge is 0.124 e. The molecular weight excluding hydrogens is 156 g/mol. The van der Waals surface area contributed by atoms with E-state index in [0.29, 0.717) is 18.5 Å². The van der Waals surface area contributed by atoms with Crippen LogP contribution in [-0.4, -0.2) is 26.3 Å². The van der Waals surface area contributed by atoms with E-state index in [-0.39, 0.29) is 0 Å². The first kappa shape index (κ1) is 7.64. The Hall–Kier alpha value is -1.00. The van der Waals surface area contributed by atoms with Crippen LogP contribution in [0.25, 0.3) is 0 Å². The molecule has 0 aromatic carbocycles. The van der Waals surface area contributed by atoms with Crippen molar-refractivity contribution in [2.24, 2.45) is 0 Å². The van der Waals surface area contributed by atoms with Crippen molar-refractivity contribution >= 4 is 0 Å². The summed E-state index contributed by atoms with van der Waals surface area (Å²) in [4.78, 5) is 8.05. The maximum atomic E-state index is 9.48. The average Bonchev–Trinajstić information content (AvgIpc) is 2.12. The molecule has 1 heterocycles. The first-order valence-electron chi connectivity index (χ1n) is 3.95. The number of nitrogens with zero attached hydrogens (tertiary/aromatic N) is 2. The number of hydrogen-bond donors (Lipinski definition) is 2. The van der Waals surface area contributed by atoms with E-state index in [1.54, 1.807) is 6.20 Å². The molecular formula is C8H10N2O2. The third-order valence-corrected chi connectivity index (χ3v) is 2.13. The summed E-state index contributed by atoms with van der Waals surface area (Å²) in [6.07, 6.45) is 2.84. The molecule has 0 bridgehead atoms. The van der Waals surface area contributed by atoms with Crippen LogP contribution < -0.4 is 0 Å². The summed E-state index contributed by atoms with van der Waals surface area (Å²) in [5, 5.41) is 18.8. The van der Waals surface area contributed by atoms with E-state index in [9.17, 15) is 10.2 Å². The van der Waals surface area contributed by atoms with Crippen molar-refractivity contribution in [1.29, 1.82) is 0 Å². The van der Waals surface area contributed by atoms with Gasteiger partial charge in [0.05, 0.1) is 17.5 Å². The van der Waals surface area contributed by atoms with Gasteiger partial charge in [0.1, 0.15) is 6.10 Å². The molecule has 1 aliphatic carbocycles. The number of aryl methyl sites for hydroxylation is 1. The van der Waals surface area contributed by atoms with Crippen molar-refractivity contribution in [1.82, 2.24) is 9.97 Å². The van der Waals surface area contributed by atoms with Crippen LogP contribution in [-0.2, 0) is 6.42 Å². The van der Waals surface area contributed by atoms with Gasteiger partial charge >= 0.3 is 0 Å². The molecule has 1 aromatic rings. The Morgan fingerprint density at radius 1 is 1.25 bits per heavy atom. The number of fused-ring (bicyclic) bond motifs is 1. The van der Waals surface area contributed by atoms with Gasteiger partial charge in [-0.2, -0.15) is 0 Å². The van der Waals surface area contributed by atoms with Crippen molar-refractivity contribution < 1.29 is 10.2 Å². The van der Waals surface area contributed by atoms with Gasteiger partial charge in [0.15, 0.2) is 0 Å². The maximum Gasteiger partial charge on any atom is 0.124 e. The van der Waals surface area contributed by atoms with E-state index in [1.807, 2.05) is 0 Å². The molecule has 0 amide bonds. The lowest BCUT2D eigenvalue weighted by molar-refractivity contribution is 0.00290. The van der Waals surface area contributed by atoms with Crippen molar-refractivity contribution in [3.05, 3.63) is 23.8 Å². The van der Waals surface area contributed by atoms with E-state index in [1.165, 1.54) is 6.20 Å². The molecule has 2 rings (SSSR count). The van der Waals surface area contributed by atoms with Crippen LogP contribution in [0.4, 0.5) is 0 Å². The third-order valence-electron chi connectivity index (χ3n) is 2.13. The Bertz CT molecular complexity index is 290. The summed E-state index contributed by atoms with van der Waals surface area (Å²) < 4.78 is 0. The first-order chi connectivity index (χ1) is 5.79. The van der Waals surface area contributed by atoms with Crippen LogP contribution in [0, 0.1) is 0 Å². The lowest BCUT2D eigenvalue weighted by atomic mass is 9.95. The van der Waals surface area contributed by atoms with Gasteiger partial charge in [0, 0.05) is 12.4 Å². The highest BCUT2D eigenvalue weighted by atomic mass is 16.3. The lowest BCUT2D eigenvalue weighted by Gasteiger charge is -2.23. The first-order valence-corrected chi connectivity index (χ1v) is 3.95.